The van der Waals surface area contributed by atoms with E-state index in [1.807, 2.05) is 0 Å². The summed E-state index contributed by atoms with van der Waals surface area (Å²) in [7, 11) is 4.28. The number of nitrogens with zero attached hydrogens (tertiary/aromatic N) is 1. The van der Waals surface area contributed by atoms with Gasteiger partial charge in [-0.25, -0.2) is 4.79 Å². The molecular weight excluding hydrogens is 298 g/mol. The average molecular weight is 329 g/mol. The number of amides is 2. The maximum atomic E-state index is 12.4. The summed E-state index contributed by atoms with van der Waals surface area (Å²) in [5.74, 6) is 0. The summed E-state index contributed by atoms with van der Waals surface area (Å²) in [4.78, 5) is 14.7. The number of benzene rings is 1. The minimum Gasteiger partial charge on any atom is -0.336 e. The van der Waals surface area contributed by atoms with Crippen molar-refractivity contribution in [2.75, 3.05) is 20.6 Å². The summed E-state index contributed by atoms with van der Waals surface area (Å²) in [5, 5.41) is 6.34. The first-order chi connectivity index (χ1) is 11.6. The molecule has 0 spiro atoms. The van der Waals surface area contributed by atoms with E-state index in [9.17, 15) is 4.79 Å². The zero-order valence-electron chi connectivity index (χ0n) is 15.1. The van der Waals surface area contributed by atoms with E-state index in [4.69, 9.17) is 0 Å². The maximum Gasteiger partial charge on any atom is 0.315 e. The lowest BCUT2D eigenvalue weighted by Crippen LogP contribution is -2.56. The normalized spacial score (nSPS) is 22.7. The highest BCUT2D eigenvalue weighted by molar-refractivity contribution is 5.74. The molecule has 3 rings (SSSR count). The van der Waals surface area contributed by atoms with Crippen molar-refractivity contribution < 1.29 is 4.79 Å². The third-order valence-corrected chi connectivity index (χ3v) is 5.99. The Hall–Kier alpha value is -1.55. The van der Waals surface area contributed by atoms with Crippen LogP contribution in [0.2, 0.25) is 0 Å². The molecule has 0 radical (unpaired) electrons. The molecule has 2 aliphatic carbocycles. The SMILES string of the molecule is CN(C)C1(CNC(=O)N[C@H]2CCc3ccccc3C2)CCCCC1. The van der Waals surface area contributed by atoms with Gasteiger partial charge in [-0.05, 0) is 57.3 Å². The van der Waals surface area contributed by atoms with Crippen LogP contribution in [0.1, 0.15) is 49.7 Å². The molecule has 0 bridgehead atoms. The fourth-order valence-electron chi connectivity index (χ4n) is 4.29. The van der Waals surface area contributed by atoms with Gasteiger partial charge in [0.25, 0.3) is 0 Å². The van der Waals surface area contributed by atoms with Crippen LogP contribution < -0.4 is 10.6 Å². The second kappa shape index (κ2) is 7.56. The van der Waals surface area contributed by atoms with Crippen molar-refractivity contribution in [1.29, 1.82) is 0 Å². The Morgan fingerprint density at radius 2 is 1.88 bits per heavy atom. The largest absolute Gasteiger partial charge is 0.336 e. The molecular formula is C20H31N3O. The minimum atomic E-state index is -0.00817. The first kappa shape index (κ1) is 17.3. The summed E-state index contributed by atoms with van der Waals surface area (Å²) in [6, 6.07) is 8.82. The molecule has 4 nitrogen and oxygen atoms in total. The maximum absolute atomic E-state index is 12.4. The lowest BCUT2D eigenvalue weighted by atomic mass is 9.80. The standard InChI is InChI=1S/C20H31N3O/c1-23(2)20(12-6-3-7-13-20)15-21-19(24)22-18-11-10-16-8-4-5-9-17(16)14-18/h4-5,8-9,18H,3,6-7,10-15H2,1-2H3,(H2,21,22,24)/t18-/m0/s1. The number of rotatable bonds is 4. The van der Waals surface area contributed by atoms with Gasteiger partial charge in [0.05, 0.1) is 0 Å². The van der Waals surface area contributed by atoms with Crippen LogP contribution in [0.4, 0.5) is 4.79 Å². The molecule has 0 aromatic heterocycles. The van der Waals surface area contributed by atoms with Crippen LogP contribution in [0.25, 0.3) is 0 Å². The second-order valence-corrected chi connectivity index (χ2v) is 7.71. The number of urea groups is 1. The molecule has 0 heterocycles. The van der Waals surface area contributed by atoms with Gasteiger partial charge in [-0.2, -0.15) is 0 Å². The van der Waals surface area contributed by atoms with Crippen molar-refractivity contribution in [3.63, 3.8) is 0 Å². The Morgan fingerprint density at radius 3 is 2.58 bits per heavy atom. The van der Waals surface area contributed by atoms with E-state index in [2.05, 4.69) is 53.9 Å². The topological polar surface area (TPSA) is 44.4 Å². The summed E-state index contributed by atoms with van der Waals surface area (Å²) >= 11 is 0. The van der Waals surface area contributed by atoms with Crippen LogP contribution >= 0.6 is 0 Å². The number of likely N-dealkylation sites (N-methyl/N-ethyl adjacent to an activating group) is 1. The molecule has 2 N–H and O–H groups in total. The highest BCUT2D eigenvalue weighted by atomic mass is 16.2. The van der Waals surface area contributed by atoms with Gasteiger partial charge in [-0.15, -0.1) is 0 Å². The summed E-state index contributed by atoms with van der Waals surface area (Å²) in [6.07, 6.45) is 9.24. The van der Waals surface area contributed by atoms with Crippen LogP contribution in [0.15, 0.2) is 24.3 Å². The first-order valence-corrected chi connectivity index (χ1v) is 9.38. The number of carbonyl (C=O) groups excluding carboxylic acids is 1. The molecule has 24 heavy (non-hydrogen) atoms. The first-order valence-electron chi connectivity index (χ1n) is 9.38. The Morgan fingerprint density at radius 1 is 1.17 bits per heavy atom. The van der Waals surface area contributed by atoms with E-state index < -0.39 is 0 Å². The van der Waals surface area contributed by atoms with Gasteiger partial charge in [0.15, 0.2) is 0 Å². The molecule has 2 amide bonds. The van der Waals surface area contributed by atoms with Gasteiger partial charge in [0.2, 0.25) is 0 Å². The molecule has 1 fully saturated rings. The molecule has 1 saturated carbocycles. The number of hydrogen-bond donors (Lipinski definition) is 2. The van der Waals surface area contributed by atoms with Gasteiger partial charge in [-0.3, -0.25) is 0 Å². The van der Waals surface area contributed by atoms with E-state index in [0.717, 1.165) is 25.8 Å². The van der Waals surface area contributed by atoms with Crippen molar-refractivity contribution in [2.45, 2.75) is 62.9 Å². The Balaban J connectivity index is 1.51. The summed E-state index contributed by atoms with van der Waals surface area (Å²) in [5.41, 5.74) is 2.95. The van der Waals surface area contributed by atoms with E-state index in [1.165, 1.54) is 43.2 Å². The van der Waals surface area contributed by atoms with Gasteiger partial charge in [0.1, 0.15) is 0 Å². The highest BCUT2D eigenvalue weighted by Crippen LogP contribution is 2.31. The molecule has 0 saturated heterocycles. The number of carbonyl (C=O) groups is 1. The molecule has 132 valence electrons. The lowest BCUT2D eigenvalue weighted by molar-refractivity contribution is 0.100. The average Bonchev–Trinajstić information content (AvgIpc) is 2.60. The van der Waals surface area contributed by atoms with E-state index >= 15 is 0 Å². The molecule has 1 aromatic carbocycles. The van der Waals surface area contributed by atoms with Gasteiger partial charge >= 0.3 is 6.03 Å². The number of hydrogen-bond acceptors (Lipinski definition) is 2. The number of fused-ring (bicyclic) bond motifs is 1. The fraction of sp³-hybridized carbons (Fsp3) is 0.650. The van der Waals surface area contributed by atoms with Crippen molar-refractivity contribution in [2.24, 2.45) is 0 Å². The van der Waals surface area contributed by atoms with Crippen LogP contribution in [-0.4, -0.2) is 43.2 Å². The quantitative estimate of drug-likeness (QED) is 0.891. The van der Waals surface area contributed by atoms with Crippen LogP contribution in [-0.2, 0) is 12.8 Å². The van der Waals surface area contributed by atoms with Crippen molar-refractivity contribution >= 4 is 6.03 Å². The Kier molecular flexibility index (Phi) is 5.44. The fourth-order valence-corrected chi connectivity index (χ4v) is 4.29. The molecule has 1 atom stereocenters. The smallest absolute Gasteiger partial charge is 0.315 e. The number of aryl methyl sites for hydroxylation is 1. The van der Waals surface area contributed by atoms with E-state index in [0.29, 0.717) is 0 Å². The monoisotopic (exact) mass is 329 g/mol. The third kappa shape index (κ3) is 3.92. The van der Waals surface area contributed by atoms with Crippen LogP contribution in [0, 0.1) is 0 Å². The van der Waals surface area contributed by atoms with E-state index in [1.54, 1.807) is 0 Å². The second-order valence-electron chi connectivity index (χ2n) is 7.71. The molecule has 4 heteroatoms. The van der Waals surface area contributed by atoms with Crippen LogP contribution in [0.3, 0.4) is 0 Å². The predicted octanol–water partition coefficient (Wildman–Crippen LogP) is 3.11. The van der Waals surface area contributed by atoms with Gasteiger partial charge in [0, 0.05) is 18.1 Å². The van der Waals surface area contributed by atoms with Crippen molar-refractivity contribution in [3.8, 4) is 0 Å². The minimum absolute atomic E-state index is 0.00817. The Labute approximate surface area is 146 Å². The molecule has 2 aliphatic rings. The van der Waals surface area contributed by atoms with E-state index in [-0.39, 0.29) is 17.6 Å². The zero-order valence-corrected chi connectivity index (χ0v) is 15.1. The van der Waals surface area contributed by atoms with Crippen molar-refractivity contribution in [1.82, 2.24) is 15.5 Å². The number of nitrogens with one attached hydrogen (secondary N) is 2. The van der Waals surface area contributed by atoms with Crippen LogP contribution in [0.5, 0.6) is 0 Å². The Bertz CT molecular complexity index is 564. The zero-order chi connectivity index (χ0) is 17.0. The predicted molar refractivity (Wildman–Crippen MR) is 98.3 cm³/mol. The lowest BCUT2D eigenvalue weighted by Gasteiger charge is -2.43. The van der Waals surface area contributed by atoms with Gasteiger partial charge < -0.3 is 15.5 Å². The van der Waals surface area contributed by atoms with Crippen molar-refractivity contribution in [3.05, 3.63) is 35.4 Å². The third-order valence-electron chi connectivity index (χ3n) is 5.99. The summed E-state index contributed by atoms with van der Waals surface area (Å²) < 4.78 is 0. The highest BCUT2D eigenvalue weighted by Gasteiger charge is 2.34. The van der Waals surface area contributed by atoms with Gasteiger partial charge in [-0.1, -0.05) is 43.5 Å². The summed E-state index contributed by atoms with van der Waals surface area (Å²) in [6.45, 7) is 0.745. The molecule has 0 aliphatic heterocycles. The molecule has 1 aromatic rings. The molecule has 0 unspecified atom stereocenters.